The molecule has 0 saturated carbocycles. The smallest absolute Gasteiger partial charge is 0.267 e. The summed E-state index contributed by atoms with van der Waals surface area (Å²) in [6.07, 6.45) is 13.1. The molecule has 5 heteroatoms. The van der Waals surface area contributed by atoms with Crippen LogP contribution >= 0.6 is 0 Å². The quantitative estimate of drug-likeness (QED) is 0.254. The molecular formula is C19H41NO3S. The minimum absolute atomic E-state index is 0.140. The third kappa shape index (κ3) is 15.4. The first-order valence-electron chi connectivity index (χ1n) is 10.1. The van der Waals surface area contributed by atoms with Crippen LogP contribution in [-0.4, -0.2) is 45.3 Å². The highest BCUT2D eigenvalue weighted by atomic mass is 32.2. The normalized spacial score (nSPS) is 12.2. The van der Waals surface area contributed by atoms with Crippen LogP contribution in [0.3, 0.4) is 0 Å². The molecule has 0 rings (SSSR count). The monoisotopic (exact) mass is 363 g/mol. The van der Waals surface area contributed by atoms with Crippen LogP contribution in [0.4, 0.5) is 0 Å². The summed E-state index contributed by atoms with van der Waals surface area (Å²) < 4.78 is 28.7. The maximum absolute atomic E-state index is 11.8. The van der Waals surface area contributed by atoms with Crippen molar-refractivity contribution in [3.63, 3.8) is 0 Å². The second-order valence-corrected chi connectivity index (χ2v) is 8.41. The third-order valence-corrected chi connectivity index (χ3v) is 5.84. The van der Waals surface area contributed by atoms with Gasteiger partial charge in [0.05, 0.1) is 12.4 Å². The molecule has 0 aromatic rings. The number of unbranched alkanes of at least 4 members (excludes halogenated alkanes) is 9. The Labute approximate surface area is 151 Å². The highest BCUT2D eigenvalue weighted by Gasteiger charge is 2.11. The van der Waals surface area contributed by atoms with E-state index in [0.717, 1.165) is 32.5 Å². The lowest BCUT2D eigenvalue weighted by Crippen LogP contribution is -2.26. The van der Waals surface area contributed by atoms with E-state index in [1.54, 1.807) is 0 Å². The fourth-order valence-corrected chi connectivity index (χ4v) is 3.81. The second-order valence-electron chi connectivity index (χ2n) is 6.65. The molecule has 0 aliphatic carbocycles. The summed E-state index contributed by atoms with van der Waals surface area (Å²) in [6, 6.07) is 0. The van der Waals surface area contributed by atoms with Gasteiger partial charge in [-0.05, 0) is 32.5 Å². The van der Waals surface area contributed by atoms with Crippen molar-refractivity contribution in [1.29, 1.82) is 0 Å². The van der Waals surface area contributed by atoms with Crippen LogP contribution in [0.2, 0.25) is 0 Å². The van der Waals surface area contributed by atoms with E-state index in [4.69, 9.17) is 4.18 Å². The Morgan fingerprint density at radius 1 is 0.708 bits per heavy atom. The SMILES string of the molecule is CCCCCCCCCCCCOS(=O)(=O)CCCN(CC)CC. The predicted octanol–water partition coefficient (Wildman–Crippen LogP) is 4.99. The minimum atomic E-state index is -3.33. The van der Waals surface area contributed by atoms with Crippen molar-refractivity contribution in [1.82, 2.24) is 4.90 Å². The van der Waals surface area contributed by atoms with Gasteiger partial charge in [0.2, 0.25) is 0 Å². The Kier molecular flexibility index (Phi) is 16.3. The van der Waals surface area contributed by atoms with Gasteiger partial charge in [0.15, 0.2) is 0 Å². The van der Waals surface area contributed by atoms with Crippen LogP contribution in [0.5, 0.6) is 0 Å². The molecule has 0 aliphatic heterocycles. The fraction of sp³-hybridized carbons (Fsp3) is 1.00. The van der Waals surface area contributed by atoms with E-state index >= 15 is 0 Å². The van der Waals surface area contributed by atoms with E-state index in [2.05, 4.69) is 25.7 Å². The molecule has 0 amide bonds. The fourth-order valence-electron chi connectivity index (χ4n) is 2.84. The minimum Gasteiger partial charge on any atom is -0.304 e. The number of rotatable bonds is 18. The van der Waals surface area contributed by atoms with Gasteiger partial charge < -0.3 is 4.90 Å². The van der Waals surface area contributed by atoms with Gasteiger partial charge in [-0.15, -0.1) is 0 Å². The molecule has 0 N–H and O–H groups in total. The zero-order chi connectivity index (χ0) is 18.1. The lowest BCUT2D eigenvalue weighted by molar-refractivity contribution is 0.292. The van der Waals surface area contributed by atoms with Crippen LogP contribution < -0.4 is 0 Å². The lowest BCUT2D eigenvalue weighted by atomic mass is 10.1. The zero-order valence-electron chi connectivity index (χ0n) is 16.4. The Bertz CT molecular complexity index is 354. The first-order valence-corrected chi connectivity index (χ1v) is 11.7. The molecule has 0 saturated heterocycles. The van der Waals surface area contributed by atoms with Crippen molar-refractivity contribution in [2.24, 2.45) is 0 Å². The average molecular weight is 364 g/mol. The van der Waals surface area contributed by atoms with Crippen LogP contribution in [-0.2, 0) is 14.3 Å². The summed E-state index contributed by atoms with van der Waals surface area (Å²) in [6.45, 7) is 9.55. The molecule has 0 spiro atoms. The molecule has 0 aromatic heterocycles. The average Bonchev–Trinajstić information content (AvgIpc) is 2.56. The van der Waals surface area contributed by atoms with Gasteiger partial charge in [-0.2, -0.15) is 8.42 Å². The lowest BCUT2D eigenvalue weighted by Gasteiger charge is -2.17. The summed E-state index contributed by atoms with van der Waals surface area (Å²) in [7, 11) is -3.33. The van der Waals surface area contributed by atoms with Crippen molar-refractivity contribution in [2.75, 3.05) is 32.0 Å². The van der Waals surface area contributed by atoms with Gasteiger partial charge in [-0.3, -0.25) is 4.18 Å². The molecule has 0 radical (unpaired) electrons. The predicted molar refractivity (Wildman–Crippen MR) is 104 cm³/mol. The van der Waals surface area contributed by atoms with Crippen molar-refractivity contribution >= 4 is 10.1 Å². The van der Waals surface area contributed by atoms with Gasteiger partial charge in [0.1, 0.15) is 0 Å². The van der Waals surface area contributed by atoms with Crippen LogP contribution in [0.25, 0.3) is 0 Å². The van der Waals surface area contributed by atoms with E-state index in [1.165, 1.54) is 51.4 Å². The maximum atomic E-state index is 11.8. The zero-order valence-corrected chi connectivity index (χ0v) is 17.2. The molecule has 0 aliphatic rings. The number of nitrogens with zero attached hydrogens (tertiary/aromatic N) is 1. The summed E-state index contributed by atoms with van der Waals surface area (Å²) in [5.74, 6) is 0.140. The van der Waals surface area contributed by atoms with Gasteiger partial charge in [-0.1, -0.05) is 78.6 Å². The van der Waals surface area contributed by atoms with E-state index in [-0.39, 0.29) is 5.75 Å². The van der Waals surface area contributed by atoms with Crippen LogP contribution in [0.15, 0.2) is 0 Å². The summed E-state index contributed by atoms with van der Waals surface area (Å²) in [5, 5.41) is 0. The molecule has 0 heterocycles. The Balaban J connectivity index is 3.45. The summed E-state index contributed by atoms with van der Waals surface area (Å²) in [5.41, 5.74) is 0. The molecule has 146 valence electrons. The topological polar surface area (TPSA) is 46.6 Å². The molecule has 0 aromatic carbocycles. The van der Waals surface area contributed by atoms with Crippen LogP contribution in [0.1, 0.15) is 91.4 Å². The summed E-state index contributed by atoms with van der Waals surface area (Å²) >= 11 is 0. The van der Waals surface area contributed by atoms with Crippen molar-refractivity contribution in [2.45, 2.75) is 91.4 Å². The molecule has 0 bridgehead atoms. The highest BCUT2D eigenvalue weighted by Crippen LogP contribution is 2.11. The second kappa shape index (κ2) is 16.3. The van der Waals surface area contributed by atoms with Crippen molar-refractivity contribution in [3.05, 3.63) is 0 Å². The molecule has 0 fully saturated rings. The van der Waals surface area contributed by atoms with Crippen LogP contribution in [0, 0.1) is 0 Å². The summed E-state index contributed by atoms with van der Waals surface area (Å²) in [4.78, 5) is 2.23. The number of hydrogen-bond acceptors (Lipinski definition) is 4. The Hall–Kier alpha value is -0.130. The van der Waals surface area contributed by atoms with E-state index < -0.39 is 10.1 Å². The van der Waals surface area contributed by atoms with Crippen molar-refractivity contribution in [3.8, 4) is 0 Å². The molecule has 0 atom stereocenters. The molecule has 4 nitrogen and oxygen atoms in total. The highest BCUT2D eigenvalue weighted by molar-refractivity contribution is 7.86. The van der Waals surface area contributed by atoms with E-state index in [9.17, 15) is 8.42 Å². The molecule has 0 unspecified atom stereocenters. The maximum Gasteiger partial charge on any atom is 0.267 e. The standard InChI is InChI=1S/C19H41NO3S/c1-4-7-8-9-10-11-12-13-14-15-18-23-24(21,22)19-16-17-20(5-2)6-3/h4-19H2,1-3H3. The number of hydrogen-bond donors (Lipinski definition) is 0. The Morgan fingerprint density at radius 3 is 1.71 bits per heavy atom. The van der Waals surface area contributed by atoms with Gasteiger partial charge in [0.25, 0.3) is 10.1 Å². The molecule has 24 heavy (non-hydrogen) atoms. The first kappa shape index (κ1) is 23.9. The van der Waals surface area contributed by atoms with E-state index in [1.807, 2.05) is 0 Å². The van der Waals surface area contributed by atoms with Gasteiger partial charge >= 0.3 is 0 Å². The Morgan fingerprint density at radius 2 is 1.21 bits per heavy atom. The molecular weight excluding hydrogens is 322 g/mol. The van der Waals surface area contributed by atoms with Gasteiger partial charge in [-0.25, -0.2) is 0 Å². The largest absolute Gasteiger partial charge is 0.304 e. The first-order chi connectivity index (χ1) is 11.6. The third-order valence-electron chi connectivity index (χ3n) is 4.52. The van der Waals surface area contributed by atoms with Gasteiger partial charge in [0, 0.05) is 0 Å². The van der Waals surface area contributed by atoms with E-state index in [0.29, 0.717) is 13.0 Å². The van der Waals surface area contributed by atoms with Crippen molar-refractivity contribution < 1.29 is 12.6 Å².